The van der Waals surface area contributed by atoms with E-state index >= 15 is 0 Å². The number of nitrogens with one attached hydrogen (secondary N) is 1. The number of halogens is 2. The fourth-order valence-corrected chi connectivity index (χ4v) is 1.83. The average molecular weight is 293 g/mol. The molecule has 18 heavy (non-hydrogen) atoms. The van der Waals surface area contributed by atoms with Crippen molar-refractivity contribution in [3.05, 3.63) is 23.4 Å². The number of carbonyl (C=O) groups is 1. The number of rotatable bonds is 3. The van der Waals surface area contributed by atoms with Gasteiger partial charge in [-0.2, -0.15) is 0 Å². The van der Waals surface area contributed by atoms with Crippen LogP contribution in [0, 0.1) is 0 Å². The third-order valence-corrected chi connectivity index (χ3v) is 2.79. The van der Waals surface area contributed by atoms with E-state index in [0.29, 0.717) is 23.9 Å². The Hall–Kier alpha value is -1.04. The van der Waals surface area contributed by atoms with Gasteiger partial charge in [0.15, 0.2) is 0 Å². The largest absolute Gasteiger partial charge is 0.473 e. The predicted octanol–water partition coefficient (Wildman–Crippen LogP) is 1.44. The molecule has 0 bridgehead atoms. The first-order valence-electron chi connectivity index (χ1n) is 5.28. The number of hydrogen-bond acceptors (Lipinski definition) is 5. The summed E-state index contributed by atoms with van der Waals surface area (Å²) in [6.07, 6.45) is 2.03. The minimum atomic E-state index is -0.294. The van der Waals surface area contributed by atoms with Crippen LogP contribution in [0.5, 0.6) is 5.88 Å². The molecule has 1 N–H and O–H groups in total. The number of esters is 1. The molecule has 0 spiro atoms. The second-order valence-electron chi connectivity index (χ2n) is 3.77. The minimum Gasteiger partial charge on any atom is -0.473 e. The maximum absolute atomic E-state index is 11.3. The van der Waals surface area contributed by atoms with E-state index in [9.17, 15) is 4.79 Å². The van der Waals surface area contributed by atoms with Gasteiger partial charge < -0.3 is 14.8 Å². The number of aromatic nitrogens is 1. The number of nitrogens with zero attached hydrogens (tertiary/aromatic N) is 1. The quantitative estimate of drug-likeness (QED) is 0.855. The summed E-state index contributed by atoms with van der Waals surface area (Å²) in [6, 6.07) is 3.12. The van der Waals surface area contributed by atoms with Crippen LogP contribution in [0.15, 0.2) is 18.3 Å². The lowest BCUT2D eigenvalue weighted by Gasteiger charge is -2.11. The Labute approximate surface area is 116 Å². The van der Waals surface area contributed by atoms with Crippen LogP contribution in [0.25, 0.3) is 0 Å². The molecular weight excluding hydrogens is 279 g/mol. The van der Waals surface area contributed by atoms with Crippen LogP contribution < -0.4 is 10.1 Å². The summed E-state index contributed by atoms with van der Waals surface area (Å²) in [7, 11) is 1.37. The summed E-state index contributed by atoms with van der Waals surface area (Å²) in [5.41, 5.74) is 0. The smallest absolute Gasteiger partial charge is 0.323 e. The highest BCUT2D eigenvalue weighted by molar-refractivity contribution is 6.30. The Bertz CT molecular complexity index is 400. The highest BCUT2D eigenvalue weighted by atomic mass is 35.5. The zero-order valence-corrected chi connectivity index (χ0v) is 11.3. The van der Waals surface area contributed by atoms with Gasteiger partial charge in [0.05, 0.1) is 12.1 Å². The lowest BCUT2D eigenvalue weighted by molar-refractivity contribution is -0.142. The SMILES string of the molecule is COC(=O)[C@@H]1C[C@@H](Oc2ccc(Cl)cn2)CN1.Cl. The fraction of sp³-hybridized carbons (Fsp3) is 0.455. The molecule has 0 unspecified atom stereocenters. The van der Waals surface area contributed by atoms with Gasteiger partial charge in [0, 0.05) is 25.2 Å². The van der Waals surface area contributed by atoms with Gasteiger partial charge in [0.1, 0.15) is 12.1 Å². The number of hydrogen-bond donors (Lipinski definition) is 1. The van der Waals surface area contributed by atoms with Crippen LogP contribution >= 0.6 is 24.0 Å². The molecule has 7 heteroatoms. The van der Waals surface area contributed by atoms with Gasteiger partial charge in [-0.25, -0.2) is 4.98 Å². The van der Waals surface area contributed by atoms with E-state index < -0.39 is 0 Å². The van der Waals surface area contributed by atoms with Crippen molar-refractivity contribution < 1.29 is 14.3 Å². The lowest BCUT2D eigenvalue weighted by Crippen LogP contribution is -2.31. The van der Waals surface area contributed by atoms with Crippen LogP contribution in [-0.4, -0.2) is 36.8 Å². The Morgan fingerprint density at radius 1 is 1.56 bits per heavy atom. The van der Waals surface area contributed by atoms with E-state index in [1.807, 2.05) is 0 Å². The topological polar surface area (TPSA) is 60.5 Å². The highest BCUT2D eigenvalue weighted by Gasteiger charge is 2.31. The molecule has 1 saturated heterocycles. The van der Waals surface area contributed by atoms with E-state index in [4.69, 9.17) is 16.3 Å². The Kier molecular flexibility index (Phi) is 5.65. The normalized spacial score (nSPS) is 22.1. The molecule has 0 amide bonds. The molecule has 5 nitrogen and oxygen atoms in total. The molecule has 2 atom stereocenters. The van der Waals surface area contributed by atoms with Gasteiger partial charge in [-0.05, 0) is 6.07 Å². The standard InChI is InChI=1S/C11H13ClN2O3.ClH/c1-16-11(15)9-4-8(6-13-9)17-10-3-2-7(12)5-14-10;/h2-3,5,8-9,13H,4,6H2,1H3;1H/t8-,9+;/m1./s1. The number of ether oxygens (including phenoxy) is 2. The first kappa shape index (κ1) is 15.0. The van der Waals surface area contributed by atoms with Crippen molar-refractivity contribution in [2.45, 2.75) is 18.6 Å². The summed E-state index contributed by atoms with van der Waals surface area (Å²) in [5, 5.41) is 3.60. The van der Waals surface area contributed by atoms with E-state index in [-0.39, 0.29) is 30.5 Å². The van der Waals surface area contributed by atoms with Crippen molar-refractivity contribution >= 4 is 30.0 Å². The van der Waals surface area contributed by atoms with Crippen molar-refractivity contribution in [2.75, 3.05) is 13.7 Å². The number of carbonyl (C=O) groups excluding carboxylic acids is 1. The summed E-state index contributed by atoms with van der Waals surface area (Å²) in [5.74, 6) is 0.242. The monoisotopic (exact) mass is 292 g/mol. The molecule has 100 valence electrons. The molecule has 0 aromatic carbocycles. The lowest BCUT2D eigenvalue weighted by atomic mass is 10.2. The molecule has 1 aromatic heterocycles. The van der Waals surface area contributed by atoms with Crippen molar-refractivity contribution in [1.29, 1.82) is 0 Å². The van der Waals surface area contributed by atoms with Gasteiger partial charge in [-0.1, -0.05) is 11.6 Å². The van der Waals surface area contributed by atoms with Crippen LogP contribution in [0.3, 0.4) is 0 Å². The maximum Gasteiger partial charge on any atom is 0.323 e. The number of pyridine rings is 1. The first-order valence-corrected chi connectivity index (χ1v) is 5.66. The van der Waals surface area contributed by atoms with Crippen molar-refractivity contribution in [3.63, 3.8) is 0 Å². The van der Waals surface area contributed by atoms with Gasteiger partial charge >= 0.3 is 5.97 Å². The summed E-state index contributed by atoms with van der Waals surface area (Å²) >= 11 is 5.72. The average Bonchev–Trinajstić information content (AvgIpc) is 2.80. The summed E-state index contributed by atoms with van der Waals surface area (Å²) in [6.45, 7) is 0.601. The third kappa shape index (κ3) is 3.73. The zero-order chi connectivity index (χ0) is 12.3. The molecular formula is C11H14Cl2N2O3. The zero-order valence-electron chi connectivity index (χ0n) is 9.76. The Morgan fingerprint density at radius 2 is 2.33 bits per heavy atom. The fourth-order valence-electron chi connectivity index (χ4n) is 1.72. The minimum absolute atomic E-state index is 0. The highest BCUT2D eigenvalue weighted by Crippen LogP contribution is 2.17. The van der Waals surface area contributed by atoms with Crippen molar-refractivity contribution in [1.82, 2.24) is 10.3 Å². The van der Waals surface area contributed by atoms with Crippen LogP contribution in [0.2, 0.25) is 5.02 Å². The van der Waals surface area contributed by atoms with Crippen LogP contribution in [0.4, 0.5) is 0 Å². The molecule has 1 aliphatic rings. The second-order valence-corrected chi connectivity index (χ2v) is 4.21. The Balaban J connectivity index is 0.00000162. The molecule has 2 rings (SSSR count). The van der Waals surface area contributed by atoms with E-state index in [0.717, 1.165) is 0 Å². The van der Waals surface area contributed by atoms with Gasteiger partial charge in [-0.15, -0.1) is 12.4 Å². The van der Waals surface area contributed by atoms with Crippen molar-refractivity contribution in [3.8, 4) is 5.88 Å². The molecule has 0 radical (unpaired) electrons. The molecule has 0 aliphatic carbocycles. The van der Waals surface area contributed by atoms with E-state index in [1.54, 1.807) is 12.1 Å². The van der Waals surface area contributed by atoms with E-state index in [2.05, 4.69) is 15.0 Å². The van der Waals surface area contributed by atoms with Gasteiger partial charge in [-0.3, -0.25) is 4.79 Å². The molecule has 1 aliphatic heterocycles. The summed E-state index contributed by atoms with van der Waals surface area (Å²) < 4.78 is 10.3. The van der Waals surface area contributed by atoms with E-state index in [1.165, 1.54) is 13.3 Å². The van der Waals surface area contributed by atoms with Crippen LogP contribution in [-0.2, 0) is 9.53 Å². The second kappa shape index (κ2) is 6.78. The molecule has 2 heterocycles. The molecule has 1 aromatic rings. The Morgan fingerprint density at radius 3 is 2.94 bits per heavy atom. The van der Waals surface area contributed by atoms with Crippen molar-refractivity contribution in [2.24, 2.45) is 0 Å². The van der Waals surface area contributed by atoms with Gasteiger partial charge in [0.25, 0.3) is 0 Å². The van der Waals surface area contributed by atoms with Crippen LogP contribution in [0.1, 0.15) is 6.42 Å². The third-order valence-electron chi connectivity index (χ3n) is 2.56. The predicted molar refractivity (Wildman–Crippen MR) is 69.3 cm³/mol. The summed E-state index contributed by atoms with van der Waals surface area (Å²) in [4.78, 5) is 15.3. The maximum atomic E-state index is 11.3. The van der Waals surface area contributed by atoms with Gasteiger partial charge in [0.2, 0.25) is 5.88 Å². The number of methoxy groups -OCH3 is 1. The molecule has 0 saturated carbocycles. The molecule has 1 fully saturated rings. The first-order chi connectivity index (χ1) is 8.19.